The molecular formula is C13H21ClN4. The lowest BCUT2D eigenvalue weighted by Crippen LogP contribution is -2.39. The summed E-state index contributed by atoms with van der Waals surface area (Å²) in [7, 11) is 0. The Morgan fingerprint density at radius 2 is 1.89 bits per heavy atom. The van der Waals surface area contributed by atoms with Crippen LogP contribution in [0.5, 0.6) is 0 Å². The Labute approximate surface area is 114 Å². The molecule has 5 heteroatoms. The lowest BCUT2D eigenvalue weighted by atomic mass is 9.94. The highest BCUT2D eigenvalue weighted by atomic mass is 35.5. The first-order valence-electron chi connectivity index (χ1n) is 6.75. The van der Waals surface area contributed by atoms with Gasteiger partial charge in [0, 0.05) is 12.6 Å². The first-order chi connectivity index (χ1) is 8.81. The van der Waals surface area contributed by atoms with Crippen LogP contribution in [0, 0.1) is 0 Å². The quantitative estimate of drug-likeness (QED) is 0.892. The van der Waals surface area contributed by atoms with Gasteiger partial charge in [-0.3, -0.25) is 0 Å². The molecular weight excluding hydrogens is 248 g/mol. The van der Waals surface area contributed by atoms with Crippen LogP contribution in [0.1, 0.15) is 38.5 Å². The number of rotatable bonds is 5. The third kappa shape index (κ3) is 3.56. The number of nitrogens with zero attached hydrogens (tertiary/aromatic N) is 3. The molecule has 1 aliphatic rings. The van der Waals surface area contributed by atoms with Gasteiger partial charge in [0.05, 0.1) is 17.4 Å². The van der Waals surface area contributed by atoms with Crippen LogP contribution in [0.3, 0.4) is 0 Å². The van der Waals surface area contributed by atoms with Gasteiger partial charge in [0.2, 0.25) is 5.95 Å². The van der Waals surface area contributed by atoms with Crippen LogP contribution in [-0.2, 0) is 0 Å². The third-order valence-electron chi connectivity index (χ3n) is 3.48. The molecule has 0 amide bonds. The standard InChI is InChI=1S/C13H21ClN4/c14-11-9-16-13(17-10-11)18(8-4-7-15)12-5-2-1-3-6-12/h9-10,12H,1-8,15H2. The van der Waals surface area contributed by atoms with Gasteiger partial charge >= 0.3 is 0 Å². The fraction of sp³-hybridized carbons (Fsp3) is 0.692. The summed E-state index contributed by atoms with van der Waals surface area (Å²) in [6.45, 7) is 1.64. The second kappa shape index (κ2) is 6.90. The predicted octanol–water partition coefficient (Wildman–Crippen LogP) is 2.62. The minimum Gasteiger partial charge on any atom is -0.338 e. The van der Waals surface area contributed by atoms with E-state index in [2.05, 4.69) is 14.9 Å². The van der Waals surface area contributed by atoms with Gasteiger partial charge in [0.25, 0.3) is 0 Å². The number of hydrogen-bond acceptors (Lipinski definition) is 4. The average Bonchev–Trinajstić information content (AvgIpc) is 2.42. The largest absolute Gasteiger partial charge is 0.338 e. The first kappa shape index (κ1) is 13.6. The Bertz CT molecular complexity index is 349. The van der Waals surface area contributed by atoms with Gasteiger partial charge in [-0.05, 0) is 25.8 Å². The number of anilines is 1. The molecule has 4 nitrogen and oxygen atoms in total. The van der Waals surface area contributed by atoms with Crippen molar-refractivity contribution in [3.8, 4) is 0 Å². The molecule has 1 heterocycles. The summed E-state index contributed by atoms with van der Waals surface area (Å²) < 4.78 is 0. The molecule has 0 spiro atoms. The van der Waals surface area contributed by atoms with Crippen LogP contribution >= 0.6 is 11.6 Å². The maximum atomic E-state index is 5.84. The van der Waals surface area contributed by atoms with Gasteiger partial charge in [0.15, 0.2) is 0 Å². The molecule has 1 aromatic rings. The highest BCUT2D eigenvalue weighted by Crippen LogP contribution is 2.25. The zero-order valence-corrected chi connectivity index (χ0v) is 11.4. The highest BCUT2D eigenvalue weighted by Gasteiger charge is 2.22. The summed E-state index contributed by atoms with van der Waals surface area (Å²) >= 11 is 5.84. The van der Waals surface area contributed by atoms with Crippen molar-refractivity contribution in [2.45, 2.75) is 44.6 Å². The summed E-state index contributed by atoms with van der Waals surface area (Å²) in [5, 5.41) is 0.584. The molecule has 100 valence electrons. The van der Waals surface area contributed by atoms with E-state index in [4.69, 9.17) is 17.3 Å². The second-order valence-corrected chi connectivity index (χ2v) is 5.27. The monoisotopic (exact) mass is 268 g/mol. The molecule has 1 saturated carbocycles. The van der Waals surface area contributed by atoms with Gasteiger partial charge in [-0.2, -0.15) is 0 Å². The molecule has 0 aliphatic heterocycles. The summed E-state index contributed by atoms with van der Waals surface area (Å²) in [6, 6.07) is 0.562. The SMILES string of the molecule is NCCCN(c1ncc(Cl)cn1)C1CCCCC1. The maximum absolute atomic E-state index is 5.84. The molecule has 2 N–H and O–H groups in total. The van der Waals surface area contributed by atoms with Crippen LogP contribution in [0.25, 0.3) is 0 Å². The van der Waals surface area contributed by atoms with Crippen molar-refractivity contribution in [2.75, 3.05) is 18.0 Å². The van der Waals surface area contributed by atoms with E-state index in [0.717, 1.165) is 18.9 Å². The number of hydrogen-bond donors (Lipinski definition) is 1. The fourth-order valence-electron chi connectivity index (χ4n) is 2.55. The fourth-order valence-corrected chi connectivity index (χ4v) is 2.65. The van der Waals surface area contributed by atoms with Crippen molar-refractivity contribution in [3.63, 3.8) is 0 Å². The molecule has 0 bridgehead atoms. The smallest absolute Gasteiger partial charge is 0.225 e. The number of halogens is 1. The summed E-state index contributed by atoms with van der Waals surface area (Å²) in [5.41, 5.74) is 5.62. The van der Waals surface area contributed by atoms with Crippen molar-refractivity contribution >= 4 is 17.5 Å². The van der Waals surface area contributed by atoms with Gasteiger partial charge in [-0.25, -0.2) is 9.97 Å². The molecule has 0 radical (unpaired) electrons. The molecule has 0 aromatic carbocycles. The molecule has 18 heavy (non-hydrogen) atoms. The Morgan fingerprint density at radius 1 is 1.22 bits per heavy atom. The van der Waals surface area contributed by atoms with Crippen LogP contribution < -0.4 is 10.6 Å². The van der Waals surface area contributed by atoms with E-state index < -0.39 is 0 Å². The minimum absolute atomic E-state index is 0.562. The van der Waals surface area contributed by atoms with E-state index in [1.807, 2.05) is 0 Å². The first-order valence-corrected chi connectivity index (χ1v) is 7.13. The van der Waals surface area contributed by atoms with Crippen molar-refractivity contribution in [3.05, 3.63) is 17.4 Å². The summed E-state index contributed by atoms with van der Waals surface area (Å²) in [6.07, 6.45) is 10.7. The molecule has 0 saturated heterocycles. The molecule has 2 rings (SSSR count). The van der Waals surface area contributed by atoms with Crippen LogP contribution in [0.2, 0.25) is 5.02 Å². The van der Waals surface area contributed by atoms with E-state index in [1.165, 1.54) is 32.1 Å². The van der Waals surface area contributed by atoms with E-state index in [0.29, 0.717) is 17.6 Å². The second-order valence-electron chi connectivity index (χ2n) is 4.83. The van der Waals surface area contributed by atoms with Crippen molar-refractivity contribution in [1.82, 2.24) is 9.97 Å². The number of aromatic nitrogens is 2. The van der Waals surface area contributed by atoms with Crippen molar-refractivity contribution < 1.29 is 0 Å². The van der Waals surface area contributed by atoms with Crippen LogP contribution in [-0.4, -0.2) is 29.1 Å². The molecule has 0 unspecified atom stereocenters. The van der Waals surface area contributed by atoms with Crippen molar-refractivity contribution in [2.24, 2.45) is 5.73 Å². The van der Waals surface area contributed by atoms with E-state index >= 15 is 0 Å². The molecule has 0 atom stereocenters. The van der Waals surface area contributed by atoms with Gasteiger partial charge in [-0.15, -0.1) is 0 Å². The Hall–Kier alpha value is -0.870. The van der Waals surface area contributed by atoms with Gasteiger partial charge in [0.1, 0.15) is 0 Å². The Balaban J connectivity index is 2.10. The summed E-state index contributed by atoms with van der Waals surface area (Å²) in [5.74, 6) is 0.791. The molecule has 1 aromatic heterocycles. The lowest BCUT2D eigenvalue weighted by Gasteiger charge is -2.34. The van der Waals surface area contributed by atoms with Crippen molar-refractivity contribution in [1.29, 1.82) is 0 Å². The normalized spacial score (nSPS) is 16.8. The lowest BCUT2D eigenvalue weighted by molar-refractivity contribution is 0.409. The minimum atomic E-state index is 0.562. The predicted molar refractivity (Wildman–Crippen MR) is 74.9 cm³/mol. The highest BCUT2D eigenvalue weighted by molar-refractivity contribution is 6.30. The average molecular weight is 269 g/mol. The van der Waals surface area contributed by atoms with Crippen LogP contribution in [0.4, 0.5) is 5.95 Å². The third-order valence-corrected chi connectivity index (χ3v) is 3.68. The summed E-state index contributed by atoms with van der Waals surface area (Å²) in [4.78, 5) is 11.0. The Morgan fingerprint density at radius 3 is 2.50 bits per heavy atom. The zero-order valence-electron chi connectivity index (χ0n) is 10.7. The molecule has 1 aliphatic carbocycles. The van der Waals surface area contributed by atoms with E-state index in [1.54, 1.807) is 12.4 Å². The van der Waals surface area contributed by atoms with Crippen LogP contribution in [0.15, 0.2) is 12.4 Å². The topological polar surface area (TPSA) is 55.0 Å². The van der Waals surface area contributed by atoms with E-state index in [9.17, 15) is 0 Å². The zero-order chi connectivity index (χ0) is 12.8. The Kier molecular flexibility index (Phi) is 5.20. The number of nitrogens with two attached hydrogens (primary N) is 1. The van der Waals surface area contributed by atoms with Gasteiger partial charge in [-0.1, -0.05) is 30.9 Å². The van der Waals surface area contributed by atoms with E-state index in [-0.39, 0.29) is 0 Å². The maximum Gasteiger partial charge on any atom is 0.225 e. The molecule has 1 fully saturated rings. The van der Waals surface area contributed by atoms with Gasteiger partial charge < -0.3 is 10.6 Å².